The lowest BCUT2D eigenvalue weighted by Gasteiger charge is -2.47. The molecule has 0 N–H and O–H groups in total. The first kappa shape index (κ1) is 14.5. The molecule has 0 unspecified atom stereocenters. The van der Waals surface area contributed by atoms with E-state index >= 15 is 0 Å². The van der Waals surface area contributed by atoms with Crippen molar-refractivity contribution < 1.29 is 28.5 Å². The number of carbonyl (C=O) groups is 2. The summed E-state index contributed by atoms with van der Waals surface area (Å²) in [4.78, 5) is 22.8. The molecule has 0 amide bonds. The molecule has 0 aromatic carbocycles. The second-order valence-corrected chi connectivity index (χ2v) is 7.33. The normalized spacial score (nSPS) is 47.4. The Morgan fingerprint density at radius 2 is 2.18 bits per heavy atom. The van der Waals surface area contributed by atoms with Gasteiger partial charge in [-0.1, -0.05) is 12.2 Å². The number of hydrogen-bond acceptors (Lipinski definition) is 7. The van der Waals surface area contributed by atoms with Crippen LogP contribution in [0.3, 0.4) is 0 Å². The summed E-state index contributed by atoms with van der Waals surface area (Å²) in [6.45, 7) is 3.01. The smallest absolute Gasteiger partial charge is 0.304 e. The molecule has 6 nitrogen and oxygen atoms in total. The van der Waals surface area contributed by atoms with Crippen LogP contribution in [0.25, 0.3) is 0 Å². The summed E-state index contributed by atoms with van der Waals surface area (Å²) in [6.07, 6.45) is 3.13. The first-order valence-electron chi connectivity index (χ1n) is 7.39. The van der Waals surface area contributed by atoms with Crippen LogP contribution >= 0.6 is 11.8 Å². The summed E-state index contributed by atoms with van der Waals surface area (Å²) in [5, 5.41) is 0. The van der Waals surface area contributed by atoms with E-state index in [0.29, 0.717) is 0 Å². The Bertz CT molecular complexity index is 562. The Morgan fingerprint density at radius 1 is 1.36 bits per heavy atom. The van der Waals surface area contributed by atoms with E-state index in [9.17, 15) is 9.59 Å². The Hall–Kier alpha value is -1.05. The van der Waals surface area contributed by atoms with Crippen molar-refractivity contribution in [3.8, 4) is 0 Å². The molecule has 4 rings (SSSR count). The van der Waals surface area contributed by atoms with Crippen LogP contribution in [0.2, 0.25) is 0 Å². The van der Waals surface area contributed by atoms with Crippen LogP contribution in [-0.2, 0) is 28.5 Å². The van der Waals surface area contributed by atoms with Crippen LogP contribution in [0, 0.1) is 11.3 Å². The summed E-state index contributed by atoms with van der Waals surface area (Å²) in [7, 11) is 0. The molecule has 7 heteroatoms. The van der Waals surface area contributed by atoms with Crippen LogP contribution in [0.15, 0.2) is 12.2 Å². The fourth-order valence-electron chi connectivity index (χ4n) is 4.38. The lowest BCUT2D eigenvalue weighted by atomic mass is 9.61. The molecule has 0 radical (unpaired) electrons. The predicted molar refractivity (Wildman–Crippen MR) is 77.1 cm³/mol. The van der Waals surface area contributed by atoms with E-state index in [1.54, 1.807) is 11.8 Å². The van der Waals surface area contributed by atoms with Gasteiger partial charge in [0, 0.05) is 25.4 Å². The van der Waals surface area contributed by atoms with Gasteiger partial charge in [-0.05, 0) is 0 Å². The third-order valence-corrected chi connectivity index (χ3v) is 6.36. The van der Waals surface area contributed by atoms with Crippen molar-refractivity contribution in [1.82, 2.24) is 0 Å². The van der Waals surface area contributed by atoms with Crippen LogP contribution in [0.5, 0.6) is 0 Å². The van der Waals surface area contributed by atoms with Gasteiger partial charge in [0.2, 0.25) is 6.29 Å². The van der Waals surface area contributed by atoms with E-state index in [4.69, 9.17) is 18.9 Å². The Balaban J connectivity index is 1.75. The molecule has 0 aromatic rings. The molecule has 4 aliphatic heterocycles. The molecule has 22 heavy (non-hydrogen) atoms. The number of hydrogen-bond donors (Lipinski definition) is 0. The number of rotatable bonds is 3. The minimum absolute atomic E-state index is 0.133. The highest BCUT2D eigenvalue weighted by Crippen LogP contribution is 2.66. The highest BCUT2D eigenvalue weighted by atomic mass is 32.2. The fraction of sp³-hybridized carbons (Fsp3) is 0.733. The van der Waals surface area contributed by atoms with Gasteiger partial charge in [0.15, 0.2) is 0 Å². The highest BCUT2D eigenvalue weighted by molar-refractivity contribution is 7.99. The SMILES string of the molecule is CC(=O)OC[C@@]12[C@H]3[C@H](OC(C)=O)O[C@@H]1CSC[C@@]21C=C[C@@H]3O1. The van der Waals surface area contributed by atoms with E-state index in [2.05, 4.69) is 6.08 Å². The van der Waals surface area contributed by atoms with E-state index in [1.165, 1.54) is 13.8 Å². The molecule has 4 heterocycles. The number of ether oxygens (including phenoxy) is 4. The van der Waals surface area contributed by atoms with Gasteiger partial charge in [0.25, 0.3) is 0 Å². The largest absolute Gasteiger partial charge is 0.465 e. The summed E-state index contributed by atoms with van der Waals surface area (Å²) in [5.74, 6) is 0.746. The first-order valence-corrected chi connectivity index (χ1v) is 8.55. The van der Waals surface area contributed by atoms with Gasteiger partial charge >= 0.3 is 11.9 Å². The maximum Gasteiger partial charge on any atom is 0.304 e. The van der Waals surface area contributed by atoms with Crippen molar-refractivity contribution >= 4 is 23.7 Å². The number of esters is 2. The van der Waals surface area contributed by atoms with Crippen molar-refractivity contribution in [3.05, 3.63) is 12.2 Å². The lowest BCUT2D eigenvalue weighted by molar-refractivity contribution is -0.185. The maximum absolute atomic E-state index is 11.4. The molecule has 4 aliphatic rings. The molecule has 2 bridgehead atoms. The average Bonchev–Trinajstić information content (AvgIpc) is 3.06. The third kappa shape index (κ3) is 1.70. The van der Waals surface area contributed by atoms with Gasteiger partial charge in [-0.25, -0.2) is 0 Å². The molecule has 0 aliphatic carbocycles. The van der Waals surface area contributed by atoms with Crippen molar-refractivity contribution in [2.45, 2.75) is 37.9 Å². The molecule has 3 saturated heterocycles. The molecule has 120 valence electrons. The minimum Gasteiger partial charge on any atom is -0.465 e. The topological polar surface area (TPSA) is 71.1 Å². The summed E-state index contributed by atoms with van der Waals surface area (Å²) in [6, 6.07) is 0. The van der Waals surface area contributed by atoms with E-state index in [0.717, 1.165) is 11.5 Å². The molecule has 1 spiro atoms. The van der Waals surface area contributed by atoms with E-state index in [1.807, 2.05) is 6.08 Å². The van der Waals surface area contributed by atoms with E-state index < -0.39 is 17.3 Å². The van der Waals surface area contributed by atoms with Gasteiger partial charge in [-0.3, -0.25) is 9.59 Å². The van der Waals surface area contributed by atoms with Crippen LogP contribution in [0.1, 0.15) is 13.8 Å². The molecule has 3 fully saturated rings. The zero-order chi connectivity index (χ0) is 15.5. The molecule has 6 atom stereocenters. The Morgan fingerprint density at radius 3 is 2.91 bits per heavy atom. The maximum atomic E-state index is 11.4. The third-order valence-electron chi connectivity index (χ3n) is 5.19. The highest BCUT2D eigenvalue weighted by Gasteiger charge is 2.77. The van der Waals surface area contributed by atoms with Crippen molar-refractivity contribution in [2.75, 3.05) is 18.1 Å². The molecular weight excluding hydrogens is 308 g/mol. The first-order chi connectivity index (χ1) is 10.5. The number of carbonyl (C=O) groups excluding carboxylic acids is 2. The van der Waals surface area contributed by atoms with Crippen molar-refractivity contribution in [1.29, 1.82) is 0 Å². The number of fused-ring (bicyclic) bond motifs is 2. The standard InChI is InChI=1S/C15H18O6S/c1-8(16)18-6-15-11-5-22-7-14(15)4-3-10(21-14)12(15)13(20-11)19-9(2)17/h3-4,10-13H,5-7H2,1-2H3/t10-,11+,12+,13+,14-,15-/m0/s1. The lowest BCUT2D eigenvalue weighted by Crippen LogP contribution is -2.60. The van der Waals surface area contributed by atoms with Crippen LogP contribution in [0.4, 0.5) is 0 Å². The summed E-state index contributed by atoms with van der Waals surface area (Å²) >= 11 is 1.75. The summed E-state index contributed by atoms with van der Waals surface area (Å²) < 4.78 is 23.1. The molecular formula is C15H18O6S. The second kappa shape index (κ2) is 4.72. The molecule has 0 saturated carbocycles. The molecule has 0 aromatic heterocycles. The van der Waals surface area contributed by atoms with Crippen molar-refractivity contribution in [2.24, 2.45) is 11.3 Å². The van der Waals surface area contributed by atoms with Gasteiger partial charge < -0.3 is 18.9 Å². The van der Waals surface area contributed by atoms with Crippen LogP contribution < -0.4 is 0 Å². The fourth-order valence-corrected chi connectivity index (χ4v) is 5.82. The predicted octanol–water partition coefficient (Wildman–Crippen LogP) is 0.894. The van der Waals surface area contributed by atoms with Crippen molar-refractivity contribution in [3.63, 3.8) is 0 Å². The van der Waals surface area contributed by atoms with Crippen LogP contribution in [-0.4, -0.2) is 54.2 Å². The van der Waals surface area contributed by atoms with Gasteiger partial charge in [0.1, 0.15) is 12.2 Å². The Labute approximate surface area is 132 Å². The summed E-state index contributed by atoms with van der Waals surface area (Å²) in [5.41, 5.74) is -0.969. The monoisotopic (exact) mass is 326 g/mol. The zero-order valence-corrected chi connectivity index (χ0v) is 13.3. The van der Waals surface area contributed by atoms with Gasteiger partial charge in [-0.15, -0.1) is 0 Å². The second-order valence-electron chi connectivity index (χ2n) is 6.30. The quantitative estimate of drug-likeness (QED) is 0.563. The number of thioether (sulfide) groups is 1. The minimum atomic E-state index is -0.645. The Kier molecular flexibility index (Phi) is 3.12. The van der Waals surface area contributed by atoms with E-state index in [-0.39, 0.29) is 36.7 Å². The van der Waals surface area contributed by atoms with Gasteiger partial charge in [-0.2, -0.15) is 11.8 Å². The van der Waals surface area contributed by atoms with Gasteiger partial charge in [0.05, 0.1) is 23.5 Å². The average molecular weight is 326 g/mol. The zero-order valence-electron chi connectivity index (χ0n) is 12.4.